The summed E-state index contributed by atoms with van der Waals surface area (Å²) in [6, 6.07) is 6.32. The van der Waals surface area contributed by atoms with Crippen LogP contribution in [0, 0.1) is 6.92 Å². The number of aliphatic hydroxyl groups is 1. The molecule has 0 spiro atoms. The highest BCUT2D eigenvalue weighted by atomic mass is 16.5. The van der Waals surface area contributed by atoms with Gasteiger partial charge in [0.15, 0.2) is 0 Å². The van der Waals surface area contributed by atoms with Gasteiger partial charge in [-0.15, -0.1) is 0 Å². The van der Waals surface area contributed by atoms with Crippen molar-refractivity contribution in [1.29, 1.82) is 0 Å². The van der Waals surface area contributed by atoms with Crippen LogP contribution in [0.3, 0.4) is 0 Å². The van der Waals surface area contributed by atoms with Crippen LogP contribution in [0.25, 0.3) is 0 Å². The van der Waals surface area contributed by atoms with Crippen molar-refractivity contribution in [1.82, 2.24) is 5.32 Å². The van der Waals surface area contributed by atoms with E-state index < -0.39 is 5.54 Å². The highest BCUT2D eigenvalue weighted by Crippen LogP contribution is 2.27. The zero-order valence-corrected chi connectivity index (χ0v) is 13.7. The van der Waals surface area contributed by atoms with E-state index in [0.717, 1.165) is 17.9 Å². The van der Waals surface area contributed by atoms with Gasteiger partial charge in [0, 0.05) is 0 Å². The molecule has 1 aromatic rings. The maximum atomic E-state index is 9.47. The molecule has 0 bridgehead atoms. The van der Waals surface area contributed by atoms with Crippen LogP contribution in [0.1, 0.15) is 45.7 Å². The summed E-state index contributed by atoms with van der Waals surface area (Å²) in [6.07, 6.45) is 0. The molecule has 0 heterocycles. The van der Waals surface area contributed by atoms with Crippen molar-refractivity contribution in [2.75, 3.05) is 19.8 Å². The smallest absolute Gasteiger partial charge is 0.122 e. The molecule has 0 aliphatic carbocycles. The second kappa shape index (κ2) is 6.59. The molecule has 3 nitrogen and oxygen atoms in total. The van der Waals surface area contributed by atoms with Crippen molar-refractivity contribution < 1.29 is 9.84 Å². The fourth-order valence-corrected chi connectivity index (χ4v) is 2.09. The van der Waals surface area contributed by atoms with Crippen molar-refractivity contribution in [3.8, 4) is 5.75 Å². The molecule has 0 fully saturated rings. The Morgan fingerprint density at radius 3 is 2.30 bits per heavy atom. The average molecular weight is 279 g/mol. The highest BCUT2D eigenvalue weighted by molar-refractivity contribution is 5.38. The number of aliphatic hydroxyl groups excluding tert-OH is 1. The van der Waals surface area contributed by atoms with E-state index in [2.05, 4.69) is 45.1 Å². The van der Waals surface area contributed by atoms with Gasteiger partial charge in [-0.25, -0.2) is 0 Å². The van der Waals surface area contributed by atoms with Crippen LogP contribution in [-0.2, 0) is 5.41 Å². The topological polar surface area (TPSA) is 41.5 Å². The summed E-state index contributed by atoms with van der Waals surface area (Å²) in [6.45, 7) is 14.0. The summed E-state index contributed by atoms with van der Waals surface area (Å²) in [5.41, 5.74) is 2.18. The minimum Gasteiger partial charge on any atom is -0.491 e. The molecule has 2 N–H and O–H groups in total. The molecule has 1 aromatic carbocycles. The SMILES string of the molecule is CCNC(C)(CO)COc1ccc(C(C)(C)C)cc1C. The van der Waals surface area contributed by atoms with Gasteiger partial charge in [-0.05, 0) is 43.0 Å². The summed E-state index contributed by atoms with van der Waals surface area (Å²) < 4.78 is 5.89. The van der Waals surface area contributed by atoms with Crippen molar-refractivity contribution in [3.05, 3.63) is 29.3 Å². The number of rotatable bonds is 6. The van der Waals surface area contributed by atoms with Crippen LogP contribution in [0.5, 0.6) is 5.75 Å². The molecule has 20 heavy (non-hydrogen) atoms. The molecule has 1 unspecified atom stereocenters. The molecule has 0 aromatic heterocycles. The number of ether oxygens (including phenoxy) is 1. The highest BCUT2D eigenvalue weighted by Gasteiger charge is 2.23. The Kier molecular flexibility index (Phi) is 5.60. The second-order valence-corrected chi connectivity index (χ2v) is 6.77. The Labute approximate surface area is 123 Å². The van der Waals surface area contributed by atoms with Gasteiger partial charge in [-0.3, -0.25) is 0 Å². The number of likely N-dealkylation sites (N-methyl/N-ethyl adjacent to an activating group) is 1. The molecular weight excluding hydrogens is 250 g/mol. The quantitative estimate of drug-likeness (QED) is 0.841. The van der Waals surface area contributed by atoms with Gasteiger partial charge >= 0.3 is 0 Å². The standard InChI is InChI=1S/C17H29NO2/c1-7-18-17(6,11-19)12-20-15-9-8-14(10-13(15)2)16(3,4)5/h8-10,18-19H,7,11-12H2,1-6H3. The minimum atomic E-state index is -0.399. The van der Waals surface area contributed by atoms with Gasteiger partial charge < -0.3 is 15.2 Å². The lowest BCUT2D eigenvalue weighted by atomic mass is 9.86. The monoisotopic (exact) mass is 279 g/mol. The maximum absolute atomic E-state index is 9.47. The Balaban J connectivity index is 2.79. The fourth-order valence-electron chi connectivity index (χ4n) is 2.09. The molecule has 0 saturated carbocycles. The Morgan fingerprint density at radius 2 is 1.85 bits per heavy atom. The number of aryl methyl sites for hydroxylation is 1. The first-order chi connectivity index (χ1) is 9.22. The number of hydrogen-bond donors (Lipinski definition) is 2. The lowest BCUT2D eigenvalue weighted by Crippen LogP contribution is -2.50. The predicted molar refractivity (Wildman–Crippen MR) is 84.5 cm³/mol. The summed E-state index contributed by atoms with van der Waals surface area (Å²) in [4.78, 5) is 0. The molecule has 0 aliphatic rings. The Hall–Kier alpha value is -1.06. The molecule has 114 valence electrons. The number of benzene rings is 1. The van der Waals surface area contributed by atoms with Crippen molar-refractivity contribution in [3.63, 3.8) is 0 Å². The van der Waals surface area contributed by atoms with E-state index in [1.807, 2.05) is 19.9 Å². The molecule has 1 rings (SSSR count). The van der Waals surface area contributed by atoms with E-state index >= 15 is 0 Å². The minimum absolute atomic E-state index is 0.0555. The first-order valence-corrected chi connectivity index (χ1v) is 7.31. The Morgan fingerprint density at radius 1 is 1.20 bits per heavy atom. The maximum Gasteiger partial charge on any atom is 0.122 e. The third-order valence-electron chi connectivity index (χ3n) is 3.54. The largest absolute Gasteiger partial charge is 0.491 e. The summed E-state index contributed by atoms with van der Waals surface area (Å²) in [5.74, 6) is 0.885. The van der Waals surface area contributed by atoms with Gasteiger partial charge in [0.25, 0.3) is 0 Å². The molecule has 3 heteroatoms. The van der Waals surface area contributed by atoms with E-state index in [4.69, 9.17) is 4.74 Å². The van der Waals surface area contributed by atoms with Crippen LogP contribution >= 0.6 is 0 Å². The molecule has 0 radical (unpaired) electrons. The lowest BCUT2D eigenvalue weighted by Gasteiger charge is -2.29. The van der Waals surface area contributed by atoms with Crippen molar-refractivity contribution in [2.45, 2.75) is 52.5 Å². The van der Waals surface area contributed by atoms with Crippen LogP contribution in [0.15, 0.2) is 18.2 Å². The van der Waals surface area contributed by atoms with Crippen LogP contribution in [0.4, 0.5) is 0 Å². The lowest BCUT2D eigenvalue weighted by molar-refractivity contribution is 0.117. The average Bonchev–Trinajstić information content (AvgIpc) is 2.36. The van der Waals surface area contributed by atoms with Crippen molar-refractivity contribution >= 4 is 0 Å². The summed E-state index contributed by atoms with van der Waals surface area (Å²) in [5, 5.41) is 12.7. The van der Waals surface area contributed by atoms with E-state index in [9.17, 15) is 5.11 Å². The van der Waals surface area contributed by atoms with Crippen molar-refractivity contribution in [2.24, 2.45) is 0 Å². The Bertz CT molecular complexity index is 437. The second-order valence-electron chi connectivity index (χ2n) is 6.77. The molecular formula is C17H29NO2. The molecule has 0 saturated heterocycles. The van der Waals surface area contributed by atoms with Crippen LogP contribution in [-0.4, -0.2) is 30.4 Å². The van der Waals surface area contributed by atoms with Crippen LogP contribution in [0.2, 0.25) is 0 Å². The molecule has 0 aliphatic heterocycles. The third kappa shape index (κ3) is 4.50. The number of nitrogens with one attached hydrogen (secondary N) is 1. The van der Waals surface area contributed by atoms with Crippen LogP contribution < -0.4 is 10.1 Å². The summed E-state index contributed by atoms with van der Waals surface area (Å²) >= 11 is 0. The van der Waals surface area contributed by atoms with Gasteiger partial charge in [0.2, 0.25) is 0 Å². The zero-order valence-electron chi connectivity index (χ0n) is 13.7. The van der Waals surface area contributed by atoms with Gasteiger partial charge in [0.1, 0.15) is 12.4 Å². The fraction of sp³-hybridized carbons (Fsp3) is 0.647. The van der Waals surface area contributed by atoms with E-state index in [-0.39, 0.29) is 12.0 Å². The molecule has 1 atom stereocenters. The zero-order chi connectivity index (χ0) is 15.4. The number of hydrogen-bond acceptors (Lipinski definition) is 3. The van der Waals surface area contributed by atoms with E-state index in [0.29, 0.717) is 6.61 Å². The summed E-state index contributed by atoms with van der Waals surface area (Å²) in [7, 11) is 0. The first-order valence-electron chi connectivity index (χ1n) is 7.31. The van der Waals surface area contributed by atoms with Gasteiger partial charge in [-0.2, -0.15) is 0 Å². The van der Waals surface area contributed by atoms with Gasteiger partial charge in [-0.1, -0.05) is 39.8 Å². The first kappa shape index (κ1) is 17.0. The third-order valence-corrected chi connectivity index (χ3v) is 3.54. The van der Waals surface area contributed by atoms with E-state index in [1.54, 1.807) is 0 Å². The normalized spacial score (nSPS) is 14.9. The molecule has 0 amide bonds. The van der Waals surface area contributed by atoms with E-state index in [1.165, 1.54) is 5.56 Å². The predicted octanol–water partition coefficient (Wildman–Crippen LogP) is 3.03. The van der Waals surface area contributed by atoms with Gasteiger partial charge in [0.05, 0.1) is 12.1 Å².